The quantitative estimate of drug-likeness (QED) is 0.625. The fourth-order valence-corrected chi connectivity index (χ4v) is 1.87. The predicted octanol–water partition coefficient (Wildman–Crippen LogP) is 2.97. The highest BCUT2D eigenvalue weighted by Gasteiger charge is 2.13. The molecule has 1 aromatic heterocycles. The Morgan fingerprint density at radius 1 is 1.27 bits per heavy atom. The molecule has 0 amide bonds. The molecular weight excluding hydrogens is 288 g/mol. The molecule has 7 heteroatoms. The van der Waals surface area contributed by atoms with E-state index in [4.69, 9.17) is 13.9 Å². The summed E-state index contributed by atoms with van der Waals surface area (Å²) in [4.78, 5) is 9.99. The maximum absolute atomic E-state index is 10.6. The lowest BCUT2D eigenvalue weighted by Gasteiger charge is -2.11. The summed E-state index contributed by atoms with van der Waals surface area (Å²) < 4.78 is 15.5. The molecule has 0 fully saturated rings. The summed E-state index contributed by atoms with van der Waals surface area (Å²) in [5, 5.41) is 13.6. The van der Waals surface area contributed by atoms with Crippen LogP contribution in [0.2, 0.25) is 0 Å². The molecule has 1 heterocycles. The fraction of sp³-hybridized carbons (Fsp3) is 0.200. The van der Waals surface area contributed by atoms with Crippen LogP contribution in [0.3, 0.4) is 0 Å². The summed E-state index contributed by atoms with van der Waals surface area (Å²) >= 11 is 0. The van der Waals surface area contributed by atoms with Gasteiger partial charge in [-0.15, -0.1) is 0 Å². The van der Waals surface area contributed by atoms with Crippen LogP contribution < -0.4 is 14.8 Å². The molecule has 7 nitrogen and oxygen atoms in total. The topological polar surface area (TPSA) is 86.8 Å². The molecule has 0 saturated carbocycles. The normalized spacial score (nSPS) is 10.1. The van der Waals surface area contributed by atoms with Gasteiger partial charge in [-0.2, -0.15) is 0 Å². The molecule has 0 aliphatic heterocycles. The first-order valence-corrected chi connectivity index (χ1v) is 6.43. The summed E-state index contributed by atoms with van der Waals surface area (Å²) in [7, 11) is 3.14. The van der Waals surface area contributed by atoms with Gasteiger partial charge in [0.25, 0.3) is 0 Å². The molecule has 0 aliphatic rings. The zero-order valence-corrected chi connectivity index (χ0v) is 12.3. The van der Waals surface area contributed by atoms with Gasteiger partial charge in [0.05, 0.1) is 26.0 Å². The van der Waals surface area contributed by atoms with Gasteiger partial charge in [-0.1, -0.05) is 12.6 Å². The van der Waals surface area contributed by atoms with Crippen LogP contribution >= 0.6 is 0 Å². The van der Waals surface area contributed by atoms with E-state index >= 15 is 0 Å². The lowest BCUT2D eigenvalue weighted by molar-refractivity contribution is -0.402. The molecule has 1 N–H and O–H groups in total. The lowest BCUT2D eigenvalue weighted by atomic mass is 10.2. The van der Waals surface area contributed by atoms with Gasteiger partial charge in [0.2, 0.25) is 0 Å². The van der Waals surface area contributed by atoms with Crippen LogP contribution in [0.25, 0.3) is 5.70 Å². The van der Waals surface area contributed by atoms with Crippen molar-refractivity contribution in [2.24, 2.45) is 0 Å². The monoisotopic (exact) mass is 304 g/mol. The van der Waals surface area contributed by atoms with E-state index in [1.165, 1.54) is 12.1 Å². The molecule has 0 saturated heterocycles. The molecule has 2 rings (SSSR count). The second-order valence-corrected chi connectivity index (χ2v) is 4.42. The van der Waals surface area contributed by atoms with Gasteiger partial charge >= 0.3 is 5.88 Å². The van der Waals surface area contributed by atoms with Crippen LogP contribution in [0.15, 0.2) is 41.3 Å². The van der Waals surface area contributed by atoms with Crippen molar-refractivity contribution >= 4 is 11.6 Å². The highest BCUT2D eigenvalue weighted by molar-refractivity contribution is 5.58. The molecule has 0 spiro atoms. The minimum Gasteiger partial charge on any atom is -0.493 e. The van der Waals surface area contributed by atoms with Crippen LogP contribution in [-0.2, 0) is 6.54 Å². The SMILES string of the molecule is C=C(NCc1ccc(OC)c(OC)c1)c1ccc([N+](=O)[O-])o1. The molecule has 0 radical (unpaired) electrons. The summed E-state index contributed by atoms with van der Waals surface area (Å²) in [6, 6.07) is 8.31. The lowest BCUT2D eigenvalue weighted by Crippen LogP contribution is -2.10. The molecule has 1 aromatic carbocycles. The van der Waals surface area contributed by atoms with Crippen molar-refractivity contribution in [2.75, 3.05) is 14.2 Å². The van der Waals surface area contributed by atoms with Crippen molar-refractivity contribution in [1.82, 2.24) is 5.32 Å². The smallest absolute Gasteiger partial charge is 0.433 e. The summed E-state index contributed by atoms with van der Waals surface area (Å²) in [5.41, 5.74) is 1.41. The van der Waals surface area contributed by atoms with Crippen molar-refractivity contribution < 1.29 is 18.8 Å². The van der Waals surface area contributed by atoms with E-state index < -0.39 is 4.92 Å². The van der Waals surface area contributed by atoms with Crippen molar-refractivity contribution in [2.45, 2.75) is 6.54 Å². The van der Waals surface area contributed by atoms with Crippen molar-refractivity contribution in [3.05, 3.63) is 58.3 Å². The first-order chi connectivity index (χ1) is 10.5. The maximum atomic E-state index is 10.6. The number of nitrogens with one attached hydrogen (secondary N) is 1. The average molecular weight is 304 g/mol. The third kappa shape index (κ3) is 3.38. The Labute approximate surface area is 127 Å². The predicted molar refractivity (Wildman–Crippen MR) is 80.8 cm³/mol. The molecule has 0 atom stereocenters. The van der Waals surface area contributed by atoms with E-state index in [0.29, 0.717) is 29.5 Å². The molecule has 116 valence electrons. The summed E-state index contributed by atoms with van der Waals surface area (Å²) in [5.74, 6) is 1.28. The van der Waals surface area contributed by atoms with Gasteiger partial charge in [-0.25, -0.2) is 0 Å². The Kier molecular flexibility index (Phi) is 4.67. The van der Waals surface area contributed by atoms with Crippen molar-refractivity contribution in [3.63, 3.8) is 0 Å². The number of methoxy groups -OCH3 is 2. The van der Waals surface area contributed by atoms with Gasteiger partial charge in [-0.3, -0.25) is 10.1 Å². The van der Waals surface area contributed by atoms with Crippen LogP contribution in [0.4, 0.5) is 5.88 Å². The minimum atomic E-state index is -0.592. The maximum Gasteiger partial charge on any atom is 0.433 e. The number of furan rings is 1. The first-order valence-electron chi connectivity index (χ1n) is 6.43. The minimum absolute atomic E-state index is 0.316. The molecule has 0 unspecified atom stereocenters. The largest absolute Gasteiger partial charge is 0.493 e. The molecule has 0 aliphatic carbocycles. The molecule has 22 heavy (non-hydrogen) atoms. The number of hydrogen-bond donors (Lipinski definition) is 1. The number of rotatable bonds is 7. The van der Waals surface area contributed by atoms with E-state index in [0.717, 1.165) is 5.56 Å². The highest BCUT2D eigenvalue weighted by atomic mass is 16.6. The first kappa shape index (κ1) is 15.4. The zero-order chi connectivity index (χ0) is 16.1. The van der Waals surface area contributed by atoms with Crippen LogP contribution in [0.1, 0.15) is 11.3 Å². The Morgan fingerprint density at radius 3 is 2.59 bits per heavy atom. The molecular formula is C15H16N2O5. The Morgan fingerprint density at radius 2 is 2.00 bits per heavy atom. The van der Waals surface area contributed by atoms with Gasteiger partial charge < -0.3 is 19.2 Å². The Bertz CT molecular complexity index is 693. The standard InChI is InChI=1S/C15H16N2O5/c1-10(12-6-7-15(22-12)17(18)19)16-9-11-4-5-13(20-2)14(8-11)21-3/h4-8,16H,1,9H2,2-3H3. The van der Waals surface area contributed by atoms with Crippen LogP contribution in [0.5, 0.6) is 11.5 Å². The van der Waals surface area contributed by atoms with E-state index in [-0.39, 0.29) is 5.88 Å². The van der Waals surface area contributed by atoms with Crippen LogP contribution in [-0.4, -0.2) is 19.1 Å². The Balaban J connectivity index is 2.02. The van der Waals surface area contributed by atoms with E-state index in [2.05, 4.69) is 11.9 Å². The van der Waals surface area contributed by atoms with Crippen molar-refractivity contribution in [1.29, 1.82) is 0 Å². The second-order valence-electron chi connectivity index (χ2n) is 4.42. The second kappa shape index (κ2) is 6.66. The summed E-state index contributed by atoms with van der Waals surface area (Å²) in [6.07, 6.45) is 0. The van der Waals surface area contributed by atoms with Gasteiger partial charge in [0.1, 0.15) is 4.92 Å². The van der Waals surface area contributed by atoms with Gasteiger partial charge in [-0.05, 0) is 23.8 Å². The Hall–Kier alpha value is -2.96. The fourth-order valence-electron chi connectivity index (χ4n) is 1.87. The van der Waals surface area contributed by atoms with E-state index in [1.807, 2.05) is 12.1 Å². The number of nitrogens with zero attached hydrogens (tertiary/aromatic N) is 1. The number of ether oxygens (including phenoxy) is 2. The third-order valence-electron chi connectivity index (χ3n) is 3.02. The average Bonchev–Trinajstić information content (AvgIpc) is 3.02. The van der Waals surface area contributed by atoms with Gasteiger partial charge in [0.15, 0.2) is 17.3 Å². The third-order valence-corrected chi connectivity index (χ3v) is 3.02. The van der Waals surface area contributed by atoms with Crippen LogP contribution in [0, 0.1) is 10.1 Å². The van der Waals surface area contributed by atoms with E-state index in [9.17, 15) is 10.1 Å². The van der Waals surface area contributed by atoms with E-state index in [1.54, 1.807) is 20.3 Å². The van der Waals surface area contributed by atoms with Gasteiger partial charge in [0, 0.05) is 6.54 Å². The number of benzene rings is 1. The number of hydrogen-bond acceptors (Lipinski definition) is 6. The molecule has 2 aromatic rings. The highest BCUT2D eigenvalue weighted by Crippen LogP contribution is 2.27. The number of nitro groups is 1. The summed E-state index contributed by atoms with van der Waals surface area (Å²) in [6.45, 7) is 4.27. The molecule has 0 bridgehead atoms. The van der Waals surface area contributed by atoms with Crippen molar-refractivity contribution in [3.8, 4) is 11.5 Å². The zero-order valence-electron chi connectivity index (χ0n) is 12.3.